The van der Waals surface area contributed by atoms with E-state index in [1.54, 1.807) is 48.5 Å². The molecule has 1 atom stereocenters. The molecule has 1 unspecified atom stereocenters. The molecule has 4 N–H and O–H groups in total. The van der Waals surface area contributed by atoms with Crippen LogP contribution in [0.25, 0.3) is 11.4 Å². The fourth-order valence-corrected chi connectivity index (χ4v) is 4.24. The maximum absolute atomic E-state index is 15.2. The second-order valence-electron chi connectivity index (χ2n) is 9.58. The number of nitrogen functional groups attached to an aromatic ring is 1. The molecule has 0 saturated heterocycles. The zero-order valence-corrected chi connectivity index (χ0v) is 22.6. The van der Waals surface area contributed by atoms with E-state index in [1.807, 2.05) is 13.0 Å². The van der Waals surface area contributed by atoms with Gasteiger partial charge < -0.3 is 16.4 Å². The molecule has 0 radical (unpaired) electrons. The van der Waals surface area contributed by atoms with E-state index in [2.05, 4.69) is 20.6 Å². The Kier molecular flexibility index (Phi) is 9.15. The highest BCUT2D eigenvalue weighted by Gasteiger charge is 2.50. The molecular formula is C30H28F2N6O4. The van der Waals surface area contributed by atoms with Gasteiger partial charge in [0.25, 0.3) is 11.5 Å². The van der Waals surface area contributed by atoms with E-state index >= 15 is 8.78 Å². The summed E-state index contributed by atoms with van der Waals surface area (Å²) in [7, 11) is 0. The number of aryl methyl sites for hydroxylation is 1. The van der Waals surface area contributed by atoms with Crippen LogP contribution in [0.5, 0.6) is 0 Å². The minimum Gasteiger partial charge on any atom is -0.393 e. The molecule has 42 heavy (non-hydrogen) atoms. The van der Waals surface area contributed by atoms with Crippen LogP contribution in [0.2, 0.25) is 0 Å². The van der Waals surface area contributed by atoms with E-state index in [0.717, 1.165) is 10.1 Å². The topological polar surface area (TPSA) is 149 Å². The van der Waals surface area contributed by atoms with Gasteiger partial charge in [-0.3, -0.25) is 28.7 Å². The van der Waals surface area contributed by atoms with Crippen LogP contribution < -0.4 is 21.9 Å². The van der Waals surface area contributed by atoms with Gasteiger partial charge in [-0.25, -0.2) is 4.98 Å². The highest BCUT2D eigenvalue weighted by atomic mass is 19.3. The Morgan fingerprint density at radius 3 is 2.40 bits per heavy atom. The van der Waals surface area contributed by atoms with Crippen molar-refractivity contribution in [3.8, 4) is 11.4 Å². The molecule has 0 aliphatic heterocycles. The van der Waals surface area contributed by atoms with Crippen LogP contribution in [0, 0.1) is 6.92 Å². The Bertz CT molecular complexity index is 1640. The second kappa shape index (κ2) is 12.9. The summed E-state index contributed by atoms with van der Waals surface area (Å²) >= 11 is 0. The van der Waals surface area contributed by atoms with Crippen molar-refractivity contribution in [3.05, 3.63) is 112 Å². The molecule has 2 aromatic carbocycles. The first kappa shape index (κ1) is 29.7. The van der Waals surface area contributed by atoms with Crippen molar-refractivity contribution in [2.45, 2.75) is 38.4 Å². The quantitative estimate of drug-likeness (QED) is 0.233. The molecule has 216 valence electrons. The number of anilines is 1. The van der Waals surface area contributed by atoms with Crippen LogP contribution in [-0.4, -0.2) is 44.1 Å². The third-order valence-electron chi connectivity index (χ3n) is 6.38. The van der Waals surface area contributed by atoms with Crippen molar-refractivity contribution in [1.29, 1.82) is 0 Å². The Hall–Kier alpha value is -5.26. The van der Waals surface area contributed by atoms with Gasteiger partial charge in [0.15, 0.2) is 0 Å². The van der Waals surface area contributed by atoms with Crippen molar-refractivity contribution < 1.29 is 23.2 Å². The molecule has 0 saturated carbocycles. The first-order valence-corrected chi connectivity index (χ1v) is 12.9. The molecule has 4 aromatic rings. The number of hydrogen-bond donors (Lipinski definition) is 3. The van der Waals surface area contributed by atoms with Gasteiger partial charge in [0.2, 0.25) is 11.7 Å². The lowest BCUT2D eigenvalue weighted by Crippen LogP contribution is -2.55. The van der Waals surface area contributed by atoms with E-state index in [1.165, 1.54) is 30.7 Å². The van der Waals surface area contributed by atoms with Gasteiger partial charge in [0.1, 0.15) is 18.1 Å². The van der Waals surface area contributed by atoms with Crippen molar-refractivity contribution >= 4 is 23.3 Å². The lowest BCUT2D eigenvalue weighted by molar-refractivity contribution is -0.160. The number of carbonyl (C=O) groups is 3. The van der Waals surface area contributed by atoms with E-state index < -0.39 is 41.7 Å². The molecule has 12 heteroatoms. The number of carbonyl (C=O) groups excluding carboxylic acids is 3. The molecule has 4 rings (SSSR count). The maximum atomic E-state index is 15.2. The summed E-state index contributed by atoms with van der Waals surface area (Å²) in [5.74, 6) is -8.89. The number of hydrogen-bond acceptors (Lipinski definition) is 7. The van der Waals surface area contributed by atoms with Crippen molar-refractivity contribution in [2.24, 2.45) is 0 Å². The summed E-state index contributed by atoms with van der Waals surface area (Å²) in [6.45, 7) is 0.911. The Labute approximate surface area is 239 Å². The average Bonchev–Trinajstić information content (AvgIpc) is 2.98. The number of alkyl halides is 2. The Morgan fingerprint density at radius 1 is 1.00 bits per heavy atom. The fourth-order valence-electron chi connectivity index (χ4n) is 4.24. The van der Waals surface area contributed by atoms with Gasteiger partial charge in [-0.05, 0) is 36.2 Å². The van der Waals surface area contributed by atoms with Crippen LogP contribution in [0.1, 0.15) is 16.7 Å². The van der Waals surface area contributed by atoms with Gasteiger partial charge in [0, 0.05) is 30.9 Å². The summed E-state index contributed by atoms with van der Waals surface area (Å²) in [5, 5.41) is 4.36. The van der Waals surface area contributed by atoms with Crippen molar-refractivity contribution in [2.75, 3.05) is 5.73 Å². The third-order valence-corrected chi connectivity index (χ3v) is 6.38. The normalized spacial score (nSPS) is 11.9. The maximum Gasteiger partial charge on any atom is 0.383 e. The predicted octanol–water partition coefficient (Wildman–Crippen LogP) is 2.44. The van der Waals surface area contributed by atoms with E-state index in [4.69, 9.17) is 5.73 Å². The molecule has 10 nitrogen and oxygen atoms in total. The smallest absolute Gasteiger partial charge is 0.383 e. The Balaban J connectivity index is 1.58. The van der Waals surface area contributed by atoms with E-state index in [0.29, 0.717) is 16.7 Å². The molecule has 0 spiro atoms. The summed E-state index contributed by atoms with van der Waals surface area (Å²) in [6.07, 6.45) is 3.71. The zero-order valence-electron chi connectivity index (χ0n) is 22.6. The molecule has 0 bridgehead atoms. The van der Waals surface area contributed by atoms with Gasteiger partial charge in [0.05, 0.1) is 12.2 Å². The Morgan fingerprint density at radius 2 is 1.71 bits per heavy atom. The number of pyridine rings is 1. The lowest BCUT2D eigenvalue weighted by atomic mass is 9.98. The number of nitrogens with two attached hydrogens (primary N) is 1. The SMILES string of the molecule is Cc1cccc(-c2ncc(N)c(=O)n2CC(=O)NC(Cc2ccccc2)C(=O)C(F)(F)C(=O)NCc2ccncc2)c1. The molecule has 0 aliphatic rings. The highest BCUT2D eigenvalue weighted by molar-refractivity contribution is 6.10. The largest absolute Gasteiger partial charge is 0.393 e. The van der Waals surface area contributed by atoms with Gasteiger partial charge in [-0.2, -0.15) is 8.78 Å². The number of nitrogens with one attached hydrogen (secondary N) is 2. The lowest BCUT2D eigenvalue weighted by Gasteiger charge is -2.23. The molecule has 0 fully saturated rings. The number of halogens is 2. The van der Waals surface area contributed by atoms with Crippen molar-refractivity contribution in [3.63, 3.8) is 0 Å². The number of amides is 2. The van der Waals surface area contributed by atoms with E-state index in [9.17, 15) is 19.2 Å². The van der Waals surface area contributed by atoms with Gasteiger partial charge in [-0.15, -0.1) is 0 Å². The third kappa shape index (κ3) is 7.08. The number of aromatic nitrogens is 3. The number of Topliss-reactive ketones (excluding diaryl/α,β-unsaturated/α-hetero) is 1. The zero-order chi connectivity index (χ0) is 30.3. The summed E-state index contributed by atoms with van der Waals surface area (Å²) in [5.41, 5.74) is 7.17. The fraction of sp³-hybridized carbons (Fsp3) is 0.200. The van der Waals surface area contributed by atoms with Crippen LogP contribution in [-0.2, 0) is 33.9 Å². The molecule has 2 aromatic heterocycles. The van der Waals surface area contributed by atoms with Crippen LogP contribution in [0.4, 0.5) is 14.5 Å². The molecular weight excluding hydrogens is 546 g/mol. The summed E-state index contributed by atoms with van der Waals surface area (Å²) in [4.78, 5) is 59.7. The second-order valence-corrected chi connectivity index (χ2v) is 9.58. The predicted molar refractivity (Wildman–Crippen MR) is 151 cm³/mol. The minimum atomic E-state index is -4.47. The van der Waals surface area contributed by atoms with Gasteiger partial charge in [-0.1, -0.05) is 54.1 Å². The summed E-state index contributed by atoms with van der Waals surface area (Å²) < 4.78 is 31.4. The van der Waals surface area contributed by atoms with Crippen LogP contribution in [0.3, 0.4) is 0 Å². The van der Waals surface area contributed by atoms with Crippen LogP contribution in [0.15, 0.2) is 90.1 Å². The molecule has 2 amide bonds. The number of rotatable bonds is 11. The standard InChI is InChI=1S/C30H28F2N6O4/c1-19-6-5-9-22(14-19)27-35-17-23(33)28(41)38(27)18-25(39)37-24(15-20-7-3-2-4-8-20)26(40)30(31,32)29(42)36-16-21-10-12-34-13-11-21/h2-14,17,24H,15-16,18,33H2,1H3,(H,36,42)(H,37,39). The first-order valence-electron chi connectivity index (χ1n) is 12.9. The number of benzene rings is 2. The highest BCUT2D eigenvalue weighted by Crippen LogP contribution is 2.21. The molecule has 0 aliphatic carbocycles. The average molecular weight is 575 g/mol. The van der Waals surface area contributed by atoms with E-state index in [-0.39, 0.29) is 24.5 Å². The van der Waals surface area contributed by atoms with Gasteiger partial charge >= 0.3 is 5.92 Å². The number of nitrogens with zero attached hydrogens (tertiary/aromatic N) is 3. The first-order chi connectivity index (χ1) is 20.1. The monoisotopic (exact) mass is 574 g/mol. The van der Waals surface area contributed by atoms with Crippen molar-refractivity contribution in [1.82, 2.24) is 25.2 Å². The van der Waals surface area contributed by atoms with Crippen LogP contribution >= 0.6 is 0 Å². The number of ketones is 1. The minimum absolute atomic E-state index is 0.125. The molecule has 2 heterocycles. The summed E-state index contributed by atoms with van der Waals surface area (Å²) in [6, 6.07) is 16.4.